The van der Waals surface area contributed by atoms with Gasteiger partial charge in [0.15, 0.2) is 0 Å². The van der Waals surface area contributed by atoms with Gasteiger partial charge in [0, 0.05) is 49.1 Å². The molecule has 1 fully saturated rings. The molecule has 2 aromatic carbocycles. The van der Waals surface area contributed by atoms with Crippen LogP contribution in [0.1, 0.15) is 15.9 Å². The van der Waals surface area contributed by atoms with E-state index in [1.54, 1.807) is 30.3 Å². The molecule has 1 saturated heterocycles. The van der Waals surface area contributed by atoms with Gasteiger partial charge in [0.2, 0.25) is 5.88 Å². The molecule has 1 aromatic heterocycles. The second-order valence-electron chi connectivity index (χ2n) is 7.37. The lowest BCUT2D eigenvalue weighted by molar-refractivity contribution is 0.0784. The lowest BCUT2D eigenvalue weighted by atomic mass is 10.1. The van der Waals surface area contributed by atoms with Crippen LogP contribution in [0.3, 0.4) is 0 Å². The van der Waals surface area contributed by atoms with Gasteiger partial charge in [-0.25, -0.2) is 4.98 Å². The molecule has 0 bridgehead atoms. The number of morpholine rings is 1. The van der Waals surface area contributed by atoms with Gasteiger partial charge in [-0.3, -0.25) is 4.79 Å². The molecule has 0 spiro atoms. The first-order chi connectivity index (χ1) is 15.1. The van der Waals surface area contributed by atoms with Crippen LogP contribution in [-0.4, -0.2) is 49.1 Å². The Morgan fingerprint density at radius 2 is 1.90 bits per heavy atom. The van der Waals surface area contributed by atoms with Crippen molar-refractivity contribution >= 4 is 27.5 Å². The minimum atomic E-state index is -0.0845. The smallest absolute Gasteiger partial charge is 0.255 e. The number of halogens is 1. The number of pyridine rings is 1. The minimum Gasteiger partial charge on any atom is -0.439 e. The maximum atomic E-state index is 12.8. The van der Waals surface area contributed by atoms with E-state index in [-0.39, 0.29) is 5.91 Å². The van der Waals surface area contributed by atoms with Crippen molar-refractivity contribution in [1.29, 1.82) is 0 Å². The molecular weight excluding hydrogens is 458 g/mol. The van der Waals surface area contributed by atoms with E-state index in [1.165, 1.54) is 5.69 Å². The molecule has 0 radical (unpaired) electrons. The molecule has 1 amide bonds. The zero-order valence-corrected chi connectivity index (χ0v) is 18.9. The van der Waals surface area contributed by atoms with Gasteiger partial charge in [0.05, 0.1) is 18.8 Å². The number of nitrogens with zero attached hydrogens (tertiary/aromatic N) is 3. The number of amides is 1. The summed E-state index contributed by atoms with van der Waals surface area (Å²) >= 11 is 3.42. The molecule has 160 valence electrons. The Labute approximate surface area is 190 Å². The fourth-order valence-corrected chi connectivity index (χ4v) is 3.80. The molecule has 0 unspecified atom stereocenters. The molecule has 31 heavy (non-hydrogen) atoms. The summed E-state index contributed by atoms with van der Waals surface area (Å²) in [7, 11) is 1.80. The summed E-state index contributed by atoms with van der Waals surface area (Å²) in [5.41, 5.74) is 2.79. The number of aromatic nitrogens is 1. The van der Waals surface area contributed by atoms with Crippen molar-refractivity contribution in [3.05, 3.63) is 82.5 Å². The van der Waals surface area contributed by atoms with E-state index >= 15 is 0 Å². The number of hydrogen-bond acceptors (Lipinski definition) is 5. The molecular formula is C24H24BrN3O3. The second-order valence-corrected chi connectivity index (χ2v) is 8.29. The Bertz CT molecular complexity index is 1020. The van der Waals surface area contributed by atoms with Gasteiger partial charge >= 0.3 is 0 Å². The number of carbonyl (C=O) groups is 1. The lowest BCUT2D eigenvalue weighted by Gasteiger charge is -2.29. The highest BCUT2D eigenvalue weighted by atomic mass is 79.9. The monoisotopic (exact) mass is 481 g/mol. The summed E-state index contributed by atoms with van der Waals surface area (Å²) in [4.78, 5) is 21.1. The maximum absolute atomic E-state index is 12.8. The minimum absolute atomic E-state index is 0.0845. The van der Waals surface area contributed by atoms with E-state index in [2.05, 4.69) is 50.1 Å². The van der Waals surface area contributed by atoms with Gasteiger partial charge in [-0.1, -0.05) is 34.1 Å². The molecule has 1 aliphatic heterocycles. The first kappa shape index (κ1) is 21.3. The predicted molar refractivity (Wildman–Crippen MR) is 124 cm³/mol. The number of anilines is 1. The standard InChI is InChI=1S/C24H24BrN3O3/c1-27(17-18-5-8-21(9-6-18)28-11-13-30-14-12-28)24(29)19-7-10-23(26-16-19)31-22-4-2-3-20(25)15-22/h2-10,15-16H,11-14,17H2,1H3. The van der Waals surface area contributed by atoms with Crippen LogP contribution in [0.25, 0.3) is 0 Å². The average molecular weight is 482 g/mol. The van der Waals surface area contributed by atoms with Crippen molar-refractivity contribution in [3.63, 3.8) is 0 Å². The first-order valence-corrected chi connectivity index (χ1v) is 10.9. The van der Waals surface area contributed by atoms with Crippen molar-refractivity contribution in [2.45, 2.75) is 6.54 Å². The molecule has 0 N–H and O–H groups in total. The highest BCUT2D eigenvalue weighted by molar-refractivity contribution is 9.10. The topological polar surface area (TPSA) is 54.9 Å². The number of carbonyl (C=O) groups excluding carboxylic acids is 1. The fourth-order valence-electron chi connectivity index (χ4n) is 3.42. The third kappa shape index (κ3) is 5.62. The Morgan fingerprint density at radius 3 is 2.58 bits per heavy atom. The fraction of sp³-hybridized carbons (Fsp3) is 0.250. The van der Waals surface area contributed by atoms with Crippen LogP contribution in [0.15, 0.2) is 71.3 Å². The molecule has 0 saturated carbocycles. The van der Waals surface area contributed by atoms with E-state index in [0.717, 1.165) is 36.3 Å². The molecule has 2 heterocycles. The zero-order chi connectivity index (χ0) is 21.6. The molecule has 7 heteroatoms. The Morgan fingerprint density at radius 1 is 1.13 bits per heavy atom. The maximum Gasteiger partial charge on any atom is 0.255 e. The number of hydrogen-bond donors (Lipinski definition) is 0. The number of rotatable bonds is 6. The summed E-state index contributed by atoms with van der Waals surface area (Å²) in [6, 6.07) is 19.3. The first-order valence-electron chi connectivity index (χ1n) is 10.1. The van der Waals surface area contributed by atoms with Gasteiger partial charge in [-0.2, -0.15) is 0 Å². The Hall–Kier alpha value is -2.90. The quantitative estimate of drug-likeness (QED) is 0.508. The van der Waals surface area contributed by atoms with Crippen molar-refractivity contribution < 1.29 is 14.3 Å². The van der Waals surface area contributed by atoms with Crippen LogP contribution in [-0.2, 0) is 11.3 Å². The zero-order valence-electron chi connectivity index (χ0n) is 17.3. The van der Waals surface area contributed by atoms with Crippen LogP contribution in [0.5, 0.6) is 11.6 Å². The van der Waals surface area contributed by atoms with Crippen LogP contribution in [0.2, 0.25) is 0 Å². The van der Waals surface area contributed by atoms with Crippen LogP contribution in [0, 0.1) is 0 Å². The van der Waals surface area contributed by atoms with Gasteiger partial charge in [-0.15, -0.1) is 0 Å². The molecule has 0 atom stereocenters. The normalized spacial score (nSPS) is 13.7. The van der Waals surface area contributed by atoms with E-state index in [4.69, 9.17) is 9.47 Å². The van der Waals surface area contributed by atoms with Crippen LogP contribution < -0.4 is 9.64 Å². The van der Waals surface area contributed by atoms with E-state index < -0.39 is 0 Å². The highest BCUT2D eigenvalue weighted by Crippen LogP contribution is 2.23. The molecule has 6 nitrogen and oxygen atoms in total. The third-order valence-corrected chi connectivity index (χ3v) is 5.57. The van der Waals surface area contributed by atoms with Crippen molar-refractivity contribution in [2.75, 3.05) is 38.3 Å². The van der Waals surface area contributed by atoms with Crippen LogP contribution >= 0.6 is 15.9 Å². The molecule has 4 rings (SSSR count). The molecule has 3 aromatic rings. The predicted octanol–water partition coefficient (Wildman–Crippen LogP) is 4.75. The van der Waals surface area contributed by atoms with Gasteiger partial charge in [-0.05, 0) is 42.0 Å². The lowest BCUT2D eigenvalue weighted by Crippen LogP contribution is -2.36. The Balaban J connectivity index is 1.35. The van der Waals surface area contributed by atoms with E-state index in [0.29, 0.717) is 23.7 Å². The number of benzene rings is 2. The van der Waals surface area contributed by atoms with Gasteiger partial charge in [0.1, 0.15) is 5.75 Å². The molecule has 1 aliphatic rings. The summed E-state index contributed by atoms with van der Waals surface area (Å²) in [6.07, 6.45) is 1.55. The Kier molecular flexibility index (Phi) is 6.84. The number of ether oxygens (including phenoxy) is 2. The summed E-state index contributed by atoms with van der Waals surface area (Å²) < 4.78 is 12.1. The average Bonchev–Trinajstić information content (AvgIpc) is 2.80. The van der Waals surface area contributed by atoms with Gasteiger partial charge < -0.3 is 19.3 Å². The van der Waals surface area contributed by atoms with Crippen molar-refractivity contribution in [2.24, 2.45) is 0 Å². The van der Waals surface area contributed by atoms with E-state index in [9.17, 15) is 4.79 Å². The second kappa shape index (κ2) is 9.94. The summed E-state index contributed by atoms with van der Waals surface area (Å²) in [6.45, 7) is 3.87. The van der Waals surface area contributed by atoms with Crippen molar-refractivity contribution in [3.8, 4) is 11.6 Å². The van der Waals surface area contributed by atoms with Gasteiger partial charge in [0.25, 0.3) is 5.91 Å². The largest absolute Gasteiger partial charge is 0.439 e. The SMILES string of the molecule is CN(Cc1ccc(N2CCOCC2)cc1)C(=O)c1ccc(Oc2cccc(Br)c2)nc1. The third-order valence-electron chi connectivity index (χ3n) is 5.08. The van der Waals surface area contributed by atoms with Crippen molar-refractivity contribution in [1.82, 2.24) is 9.88 Å². The van der Waals surface area contributed by atoms with E-state index in [1.807, 2.05) is 24.3 Å². The highest BCUT2D eigenvalue weighted by Gasteiger charge is 2.14. The van der Waals surface area contributed by atoms with Crippen LogP contribution in [0.4, 0.5) is 5.69 Å². The summed E-state index contributed by atoms with van der Waals surface area (Å²) in [5, 5.41) is 0. The molecule has 0 aliphatic carbocycles. The summed E-state index contributed by atoms with van der Waals surface area (Å²) in [5.74, 6) is 1.04.